The molecule has 13 N–H and O–H groups in total. The predicted octanol–water partition coefficient (Wildman–Crippen LogP) is -0.560. The van der Waals surface area contributed by atoms with Gasteiger partial charge >= 0.3 is 0 Å². The van der Waals surface area contributed by atoms with E-state index in [1.807, 2.05) is 26.0 Å². The predicted molar refractivity (Wildman–Crippen MR) is 228 cm³/mol. The average molecular weight is 831 g/mol. The van der Waals surface area contributed by atoms with E-state index in [2.05, 4.69) is 36.6 Å². The van der Waals surface area contributed by atoms with E-state index < -0.39 is 77.6 Å². The summed E-state index contributed by atoms with van der Waals surface area (Å²) in [5, 5.41) is 13.8. The molecule has 18 nitrogen and oxygen atoms in total. The van der Waals surface area contributed by atoms with Crippen molar-refractivity contribution in [1.82, 2.24) is 36.1 Å². The van der Waals surface area contributed by atoms with Crippen molar-refractivity contribution in [2.75, 3.05) is 6.54 Å². The van der Waals surface area contributed by atoms with E-state index in [0.717, 1.165) is 11.1 Å². The summed E-state index contributed by atoms with van der Waals surface area (Å²) in [6.07, 6.45) is 4.19. The third-order valence-corrected chi connectivity index (χ3v) is 9.55. The van der Waals surface area contributed by atoms with Crippen LogP contribution in [0.1, 0.15) is 63.8 Å². The van der Waals surface area contributed by atoms with Gasteiger partial charge in [0.2, 0.25) is 35.4 Å². The Morgan fingerprint density at radius 3 is 1.70 bits per heavy atom. The third-order valence-electron chi connectivity index (χ3n) is 9.55. The van der Waals surface area contributed by atoms with Gasteiger partial charge in [0, 0.05) is 39.1 Å². The lowest BCUT2D eigenvalue weighted by atomic mass is 9.99. The first-order chi connectivity index (χ1) is 28.4. The summed E-state index contributed by atoms with van der Waals surface area (Å²) in [5.74, 6) is -4.59. The van der Waals surface area contributed by atoms with Crippen molar-refractivity contribution in [3.8, 4) is 0 Å². The van der Waals surface area contributed by atoms with Crippen LogP contribution in [0.5, 0.6) is 0 Å². The number of aromatic nitrogens is 2. The maximum absolute atomic E-state index is 14.2. The Bertz CT molecular complexity index is 1900. The lowest BCUT2D eigenvalue weighted by molar-refractivity contribution is -0.135. The van der Waals surface area contributed by atoms with E-state index in [1.54, 1.807) is 86.5 Å². The number of primary amides is 1. The van der Waals surface area contributed by atoms with Gasteiger partial charge in [0.15, 0.2) is 5.96 Å². The van der Waals surface area contributed by atoms with E-state index in [0.29, 0.717) is 5.69 Å². The first-order valence-corrected chi connectivity index (χ1v) is 20.1. The minimum absolute atomic E-state index is 0.0537. The summed E-state index contributed by atoms with van der Waals surface area (Å²) < 4.78 is 1.73. The molecule has 1 aromatic heterocycles. The van der Waals surface area contributed by atoms with E-state index in [-0.39, 0.29) is 56.9 Å². The number of hydrogen-bond donors (Lipinski definition) is 9. The number of amides is 6. The highest BCUT2D eigenvalue weighted by molar-refractivity contribution is 5.96. The molecule has 0 aliphatic carbocycles. The Hall–Kier alpha value is -6.30. The molecule has 1 heterocycles. The molecule has 0 unspecified atom stereocenters. The highest BCUT2D eigenvalue weighted by Gasteiger charge is 2.34. The van der Waals surface area contributed by atoms with Crippen LogP contribution in [0.25, 0.3) is 0 Å². The fourth-order valence-electron chi connectivity index (χ4n) is 6.37. The molecular weight excluding hydrogens is 769 g/mol. The van der Waals surface area contributed by atoms with Gasteiger partial charge in [-0.15, -0.1) is 0 Å². The number of hydrogen-bond acceptors (Lipinski definition) is 9. The topological polar surface area (TPSA) is 297 Å². The van der Waals surface area contributed by atoms with Crippen LogP contribution in [0.3, 0.4) is 0 Å². The molecule has 60 heavy (non-hydrogen) atoms. The second-order valence-electron chi connectivity index (χ2n) is 15.7. The number of rotatable bonds is 24. The summed E-state index contributed by atoms with van der Waals surface area (Å²) in [6.45, 7) is 7.39. The van der Waals surface area contributed by atoms with E-state index >= 15 is 0 Å². The van der Waals surface area contributed by atoms with E-state index in [9.17, 15) is 28.8 Å². The van der Waals surface area contributed by atoms with Crippen LogP contribution < -0.4 is 49.5 Å². The molecule has 6 amide bonds. The van der Waals surface area contributed by atoms with Crippen LogP contribution in [0, 0.1) is 11.8 Å². The molecule has 326 valence electrons. The Kier molecular flexibility index (Phi) is 19.2. The molecule has 0 aliphatic heterocycles. The fraction of sp³-hybridized carbons (Fsp3) is 0.476. The molecule has 0 saturated carbocycles. The Morgan fingerprint density at radius 1 is 0.667 bits per heavy atom. The second-order valence-corrected chi connectivity index (χ2v) is 15.7. The van der Waals surface area contributed by atoms with Crippen molar-refractivity contribution in [2.45, 2.75) is 102 Å². The van der Waals surface area contributed by atoms with Gasteiger partial charge in [-0.25, -0.2) is 4.98 Å². The fourth-order valence-corrected chi connectivity index (χ4v) is 6.37. The first kappa shape index (κ1) is 48.1. The van der Waals surface area contributed by atoms with Crippen molar-refractivity contribution in [3.05, 3.63) is 90.0 Å². The number of nitrogens with zero attached hydrogens (tertiary/aromatic N) is 3. The normalized spacial score (nSPS) is 14.1. The molecule has 3 aromatic rings. The zero-order chi connectivity index (χ0) is 44.4. The zero-order valence-electron chi connectivity index (χ0n) is 35.1. The summed E-state index contributed by atoms with van der Waals surface area (Å²) >= 11 is 0. The maximum Gasteiger partial charge on any atom is 0.243 e. The smallest absolute Gasteiger partial charge is 0.243 e. The number of carbonyl (C=O) groups excluding carboxylic acids is 6. The molecule has 0 aliphatic rings. The number of nitrogens with one attached hydrogen (secondary N) is 5. The molecule has 2 aromatic carbocycles. The second kappa shape index (κ2) is 23.9. The Morgan fingerprint density at radius 2 is 1.18 bits per heavy atom. The molecule has 0 bridgehead atoms. The minimum atomic E-state index is -1.18. The summed E-state index contributed by atoms with van der Waals surface area (Å²) in [6, 6.07) is 11.4. The molecule has 0 fully saturated rings. The Labute approximate surface area is 351 Å². The van der Waals surface area contributed by atoms with Crippen molar-refractivity contribution in [3.63, 3.8) is 0 Å². The van der Waals surface area contributed by atoms with Crippen LogP contribution in [0.4, 0.5) is 0 Å². The summed E-state index contributed by atoms with van der Waals surface area (Å²) in [5.41, 5.74) is 24.9. The van der Waals surface area contributed by atoms with Crippen LogP contribution in [0.2, 0.25) is 0 Å². The highest BCUT2D eigenvalue weighted by atomic mass is 16.2. The number of carbonyl (C=O) groups is 6. The van der Waals surface area contributed by atoms with Crippen molar-refractivity contribution in [2.24, 2.45) is 46.8 Å². The maximum atomic E-state index is 14.2. The first-order valence-electron chi connectivity index (χ1n) is 20.1. The number of imidazole rings is 1. The van der Waals surface area contributed by atoms with Crippen molar-refractivity contribution < 1.29 is 28.8 Å². The molecule has 18 heteroatoms. The van der Waals surface area contributed by atoms with Gasteiger partial charge in [-0.05, 0) is 42.2 Å². The Balaban J connectivity index is 1.84. The number of aliphatic imine (C=N–C) groups is 1. The third kappa shape index (κ3) is 16.5. The van der Waals surface area contributed by atoms with Crippen molar-refractivity contribution in [1.29, 1.82) is 0 Å². The van der Waals surface area contributed by atoms with Gasteiger partial charge in [0.1, 0.15) is 30.2 Å². The average Bonchev–Trinajstić information content (AvgIpc) is 3.60. The number of guanidine groups is 1. The number of aryl methyl sites for hydroxylation is 1. The lowest BCUT2D eigenvalue weighted by Crippen LogP contribution is -2.60. The summed E-state index contributed by atoms with van der Waals surface area (Å²) in [7, 11) is 1.80. The number of nitrogens with two attached hydrogens (primary N) is 4. The van der Waals surface area contributed by atoms with Gasteiger partial charge in [-0.2, -0.15) is 0 Å². The molecular formula is C42H62N12O6. The van der Waals surface area contributed by atoms with Gasteiger partial charge in [-0.1, -0.05) is 88.4 Å². The van der Waals surface area contributed by atoms with Crippen molar-refractivity contribution >= 4 is 41.4 Å². The van der Waals surface area contributed by atoms with Gasteiger partial charge < -0.3 is 54.1 Å². The van der Waals surface area contributed by atoms with Crippen LogP contribution >= 0.6 is 0 Å². The highest BCUT2D eigenvalue weighted by Crippen LogP contribution is 2.12. The summed E-state index contributed by atoms with van der Waals surface area (Å²) in [4.78, 5) is 89.7. The van der Waals surface area contributed by atoms with E-state index in [1.165, 1.54) is 0 Å². The quantitative estimate of drug-likeness (QED) is 0.0315. The molecule has 3 rings (SSSR count). The molecule has 0 saturated heterocycles. The van der Waals surface area contributed by atoms with Crippen LogP contribution in [-0.2, 0) is 55.1 Å². The zero-order valence-corrected chi connectivity index (χ0v) is 35.1. The number of benzene rings is 2. The van der Waals surface area contributed by atoms with Crippen LogP contribution in [0.15, 0.2) is 78.2 Å². The minimum Gasteiger partial charge on any atom is -0.370 e. The van der Waals surface area contributed by atoms with Crippen LogP contribution in [-0.4, -0.2) is 93.7 Å². The van der Waals surface area contributed by atoms with Gasteiger partial charge in [-0.3, -0.25) is 33.8 Å². The van der Waals surface area contributed by atoms with E-state index in [4.69, 9.17) is 22.9 Å². The largest absolute Gasteiger partial charge is 0.370 e. The van der Waals surface area contributed by atoms with Gasteiger partial charge in [0.25, 0.3) is 0 Å². The molecule has 0 radical (unpaired) electrons. The molecule has 0 spiro atoms. The van der Waals surface area contributed by atoms with Gasteiger partial charge in [0.05, 0.1) is 18.1 Å². The SMILES string of the molecule is CC(C)C[C@H](NC(=O)[C@H](Cc1ccccc1)NC(=O)[C@@H](NC(=O)[C@@H](N)Cc1cn(C)cn1)C(C)C)C(=O)N[C@@H](CCCN=C(N)N)C(=O)N[C@@H](Cc1ccccc1)C(N)=O. The standard InChI is InChI=1S/C42H62N12O6/c1-25(2)19-33(39(58)49-31(17-12-18-47-42(45)46)38(57)50-32(36(44)55)20-27-13-8-6-9-14-27)51-40(59)34(21-28-15-10-7-11-16-28)52-41(60)35(26(3)4)53-37(56)30(43)22-29-23-54(5)24-48-29/h6-11,13-16,23-26,30-35H,12,17-22,43H2,1-5H3,(H2,44,55)(H,49,58)(H,50,57)(H,51,59)(H,52,60)(H,53,56)(H4,45,46,47)/t30-,31-,32-,33-,34-,35-/m0/s1. The lowest BCUT2D eigenvalue weighted by Gasteiger charge is -2.28. The molecule has 6 atom stereocenters. The monoisotopic (exact) mass is 830 g/mol.